The second kappa shape index (κ2) is 6.05. The molecule has 1 aromatic carbocycles. The maximum atomic E-state index is 12.2. The van der Waals surface area contributed by atoms with E-state index in [1.807, 2.05) is 43.3 Å². The van der Waals surface area contributed by atoms with Gasteiger partial charge in [0, 0.05) is 19.9 Å². The van der Waals surface area contributed by atoms with E-state index in [0.717, 1.165) is 28.4 Å². The first-order valence-corrected chi connectivity index (χ1v) is 7.35. The number of amides is 1. The summed E-state index contributed by atoms with van der Waals surface area (Å²) in [6, 6.07) is 11.7. The fourth-order valence-electron chi connectivity index (χ4n) is 2.43. The van der Waals surface area contributed by atoms with Crippen LogP contribution >= 0.6 is 0 Å². The second-order valence-electron chi connectivity index (χ2n) is 5.46. The van der Waals surface area contributed by atoms with Crippen molar-refractivity contribution in [1.82, 2.24) is 14.9 Å². The number of aromatic amines is 1. The Labute approximate surface area is 129 Å². The molecule has 3 rings (SSSR count). The molecule has 0 saturated carbocycles. The fraction of sp³-hybridized carbons (Fsp3) is 0.294. The van der Waals surface area contributed by atoms with Crippen molar-refractivity contribution in [3.63, 3.8) is 0 Å². The molecule has 0 unspecified atom stereocenters. The Hall–Kier alpha value is -2.56. The summed E-state index contributed by atoms with van der Waals surface area (Å²) in [6.45, 7) is 2.39. The van der Waals surface area contributed by atoms with Crippen molar-refractivity contribution in [3.05, 3.63) is 53.7 Å². The predicted molar refractivity (Wildman–Crippen MR) is 84.3 cm³/mol. The lowest BCUT2D eigenvalue weighted by Gasteiger charge is -2.15. The number of aromatic nitrogens is 2. The molecule has 2 heterocycles. The highest BCUT2D eigenvalue weighted by atomic mass is 16.3. The van der Waals surface area contributed by atoms with Gasteiger partial charge in [-0.15, -0.1) is 0 Å². The maximum Gasteiger partial charge on any atom is 0.223 e. The van der Waals surface area contributed by atoms with Gasteiger partial charge in [0.1, 0.15) is 17.3 Å². The Morgan fingerprint density at radius 1 is 1.27 bits per heavy atom. The van der Waals surface area contributed by atoms with Crippen molar-refractivity contribution in [1.29, 1.82) is 0 Å². The fourth-order valence-corrected chi connectivity index (χ4v) is 2.43. The Bertz CT molecular complexity index is 755. The molecule has 22 heavy (non-hydrogen) atoms. The van der Waals surface area contributed by atoms with E-state index in [0.29, 0.717) is 19.4 Å². The minimum Gasteiger partial charge on any atom is -0.464 e. The average Bonchev–Trinajstić information content (AvgIpc) is 3.10. The maximum absolute atomic E-state index is 12.2. The summed E-state index contributed by atoms with van der Waals surface area (Å²) in [5.74, 6) is 2.58. The highest BCUT2D eigenvalue weighted by Gasteiger charge is 2.12. The van der Waals surface area contributed by atoms with Crippen molar-refractivity contribution in [2.45, 2.75) is 26.3 Å². The van der Waals surface area contributed by atoms with E-state index < -0.39 is 0 Å². The first kappa shape index (κ1) is 14.4. The molecule has 0 atom stereocenters. The van der Waals surface area contributed by atoms with Crippen molar-refractivity contribution < 1.29 is 9.21 Å². The lowest BCUT2D eigenvalue weighted by atomic mass is 10.2. The predicted octanol–water partition coefficient (Wildman–Crippen LogP) is 3.06. The molecule has 5 heteroatoms. The lowest BCUT2D eigenvalue weighted by molar-refractivity contribution is -0.130. The van der Waals surface area contributed by atoms with Crippen molar-refractivity contribution in [2.24, 2.45) is 0 Å². The minimum atomic E-state index is 0.0782. The third-order valence-electron chi connectivity index (χ3n) is 3.63. The summed E-state index contributed by atoms with van der Waals surface area (Å²) >= 11 is 0. The topological polar surface area (TPSA) is 62.1 Å². The third-order valence-corrected chi connectivity index (χ3v) is 3.63. The molecule has 0 aliphatic heterocycles. The number of para-hydroxylation sites is 2. The zero-order valence-corrected chi connectivity index (χ0v) is 12.8. The van der Waals surface area contributed by atoms with Crippen LogP contribution in [-0.4, -0.2) is 27.8 Å². The standard InChI is InChI=1S/C17H19N3O2/c1-12-7-8-13(22-12)11-20(2)17(21)10-9-16-18-14-5-3-4-6-15(14)19-16/h3-8H,9-11H2,1-2H3,(H,18,19). The number of hydrogen-bond donors (Lipinski definition) is 1. The molecule has 1 amide bonds. The first-order valence-electron chi connectivity index (χ1n) is 7.35. The third kappa shape index (κ3) is 3.19. The van der Waals surface area contributed by atoms with Gasteiger partial charge in [-0.05, 0) is 31.2 Å². The SMILES string of the molecule is Cc1ccc(CN(C)C(=O)CCc2nc3ccccc3[nH]2)o1. The summed E-state index contributed by atoms with van der Waals surface area (Å²) in [5, 5.41) is 0. The number of imidazole rings is 1. The number of aryl methyl sites for hydroxylation is 2. The molecule has 1 N–H and O–H groups in total. The first-order chi connectivity index (χ1) is 10.6. The number of rotatable bonds is 5. The van der Waals surface area contributed by atoms with Gasteiger partial charge in [-0.3, -0.25) is 4.79 Å². The molecule has 0 bridgehead atoms. The summed E-state index contributed by atoms with van der Waals surface area (Å²) in [6.07, 6.45) is 1.03. The van der Waals surface area contributed by atoms with E-state index in [-0.39, 0.29) is 5.91 Å². The van der Waals surface area contributed by atoms with Crippen LogP contribution in [0.4, 0.5) is 0 Å². The number of H-pyrrole nitrogens is 1. The summed E-state index contributed by atoms with van der Waals surface area (Å²) in [7, 11) is 1.79. The van der Waals surface area contributed by atoms with Gasteiger partial charge in [0.25, 0.3) is 0 Å². The summed E-state index contributed by atoms with van der Waals surface area (Å²) < 4.78 is 5.49. The smallest absolute Gasteiger partial charge is 0.223 e. The summed E-state index contributed by atoms with van der Waals surface area (Å²) in [4.78, 5) is 21.6. The number of carbonyl (C=O) groups is 1. The number of carbonyl (C=O) groups excluding carboxylic acids is 1. The molecular weight excluding hydrogens is 278 g/mol. The number of nitrogens with zero attached hydrogens (tertiary/aromatic N) is 2. The molecule has 114 valence electrons. The van der Waals surface area contributed by atoms with Crippen LogP contribution in [0.5, 0.6) is 0 Å². The number of hydrogen-bond acceptors (Lipinski definition) is 3. The Morgan fingerprint density at radius 2 is 2.09 bits per heavy atom. The normalized spacial score (nSPS) is 11.0. The van der Waals surface area contributed by atoms with E-state index in [4.69, 9.17) is 4.42 Å². The van der Waals surface area contributed by atoms with Gasteiger partial charge in [0.05, 0.1) is 17.6 Å². The van der Waals surface area contributed by atoms with Gasteiger partial charge in [-0.25, -0.2) is 4.98 Å². The van der Waals surface area contributed by atoms with E-state index in [9.17, 15) is 4.79 Å². The van der Waals surface area contributed by atoms with E-state index in [1.54, 1.807) is 11.9 Å². The van der Waals surface area contributed by atoms with Gasteiger partial charge in [-0.1, -0.05) is 12.1 Å². The van der Waals surface area contributed by atoms with Crippen molar-refractivity contribution in [3.8, 4) is 0 Å². The molecule has 0 aliphatic rings. The zero-order chi connectivity index (χ0) is 15.5. The van der Waals surface area contributed by atoms with Crippen LogP contribution in [0.15, 0.2) is 40.8 Å². The zero-order valence-electron chi connectivity index (χ0n) is 12.8. The van der Waals surface area contributed by atoms with Gasteiger partial charge < -0.3 is 14.3 Å². The van der Waals surface area contributed by atoms with Crippen LogP contribution in [0.3, 0.4) is 0 Å². The highest BCUT2D eigenvalue weighted by Crippen LogP contribution is 2.13. The van der Waals surface area contributed by atoms with E-state index >= 15 is 0 Å². The largest absolute Gasteiger partial charge is 0.464 e. The Kier molecular flexibility index (Phi) is 3.96. The van der Waals surface area contributed by atoms with E-state index in [1.165, 1.54) is 0 Å². The molecule has 3 aromatic rings. The molecule has 0 spiro atoms. The average molecular weight is 297 g/mol. The highest BCUT2D eigenvalue weighted by molar-refractivity contribution is 5.77. The quantitative estimate of drug-likeness (QED) is 0.787. The van der Waals surface area contributed by atoms with Crippen LogP contribution in [0.25, 0.3) is 11.0 Å². The van der Waals surface area contributed by atoms with Crippen LogP contribution < -0.4 is 0 Å². The molecule has 0 fully saturated rings. The monoisotopic (exact) mass is 297 g/mol. The number of benzene rings is 1. The minimum absolute atomic E-state index is 0.0782. The van der Waals surface area contributed by atoms with Gasteiger partial charge >= 0.3 is 0 Å². The molecule has 2 aromatic heterocycles. The number of nitrogens with one attached hydrogen (secondary N) is 1. The van der Waals surface area contributed by atoms with E-state index in [2.05, 4.69) is 9.97 Å². The summed E-state index contributed by atoms with van der Waals surface area (Å²) in [5.41, 5.74) is 1.94. The Morgan fingerprint density at radius 3 is 2.82 bits per heavy atom. The van der Waals surface area contributed by atoms with Gasteiger partial charge in [0.2, 0.25) is 5.91 Å². The van der Waals surface area contributed by atoms with Gasteiger partial charge in [0.15, 0.2) is 0 Å². The van der Waals surface area contributed by atoms with Crippen LogP contribution in [-0.2, 0) is 17.8 Å². The Balaban J connectivity index is 1.57. The van der Waals surface area contributed by atoms with Gasteiger partial charge in [-0.2, -0.15) is 0 Å². The van der Waals surface area contributed by atoms with Crippen LogP contribution in [0.1, 0.15) is 23.8 Å². The molecule has 0 radical (unpaired) electrons. The number of furan rings is 1. The molecule has 0 saturated heterocycles. The van der Waals surface area contributed by atoms with Crippen molar-refractivity contribution in [2.75, 3.05) is 7.05 Å². The lowest BCUT2D eigenvalue weighted by Crippen LogP contribution is -2.26. The van der Waals surface area contributed by atoms with Crippen LogP contribution in [0, 0.1) is 6.92 Å². The van der Waals surface area contributed by atoms with Crippen LogP contribution in [0.2, 0.25) is 0 Å². The second-order valence-corrected chi connectivity index (χ2v) is 5.46. The molecule has 0 aliphatic carbocycles. The number of fused-ring (bicyclic) bond motifs is 1. The molecular formula is C17H19N3O2. The molecule has 5 nitrogen and oxygen atoms in total. The van der Waals surface area contributed by atoms with Crippen molar-refractivity contribution >= 4 is 16.9 Å².